The molecule has 1 aromatic rings. The molecule has 0 atom stereocenters. The van der Waals surface area contributed by atoms with Crippen molar-refractivity contribution < 1.29 is 9.53 Å². The lowest BCUT2D eigenvalue weighted by atomic mass is 10.2. The number of benzene rings is 1. The molecule has 0 aliphatic heterocycles. The van der Waals surface area contributed by atoms with Gasteiger partial charge in [-0.15, -0.1) is 0 Å². The van der Waals surface area contributed by atoms with E-state index in [1.165, 1.54) is 0 Å². The summed E-state index contributed by atoms with van der Waals surface area (Å²) in [4.78, 5) is 11.4. The smallest absolute Gasteiger partial charge is 0.233 e. The fourth-order valence-corrected chi connectivity index (χ4v) is 1.76. The molecule has 18 heavy (non-hydrogen) atoms. The first-order valence-corrected chi connectivity index (χ1v) is 6.35. The molecule has 0 saturated carbocycles. The topological polar surface area (TPSA) is 50.4 Å². The second kappa shape index (κ2) is 7.95. The number of nitrogens with one attached hydrogen (secondary N) is 2. The van der Waals surface area contributed by atoms with Crippen molar-refractivity contribution in [3.63, 3.8) is 0 Å². The summed E-state index contributed by atoms with van der Waals surface area (Å²) in [6.07, 6.45) is 0.935. The summed E-state index contributed by atoms with van der Waals surface area (Å²) in [5, 5.41) is 6.48. The second-order valence-corrected chi connectivity index (χ2v) is 4.28. The van der Waals surface area contributed by atoms with E-state index in [0.717, 1.165) is 17.7 Å². The van der Waals surface area contributed by atoms with Crippen LogP contribution >= 0.6 is 11.6 Å². The van der Waals surface area contributed by atoms with Gasteiger partial charge in [0.15, 0.2) is 0 Å². The minimum Gasteiger partial charge on any atom is -0.496 e. The molecule has 0 spiro atoms. The second-order valence-electron chi connectivity index (χ2n) is 3.87. The lowest BCUT2D eigenvalue weighted by Gasteiger charge is -2.11. The van der Waals surface area contributed by atoms with Crippen LogP contribution in [0.25, 0.3) is 0 Å². The third kappa shape index (κ3) is 4.55. The number of carbonyl (C=O) groups is 1. The molecule has 100 valence electrons. The van der Waals surface area contributed by atoms with Gasteiger partial charge < -0.3 is 15.4 Å². The van der Waals surface area contributed by atoms with E-state index < -0.39 is 0 Å². The summed E-state index contributed by atoms with van der Waals surface area (Å²) in [5.41, 5.74) is 0.866. The monoisotopic (exact) mass is 270 g/mol. The molecule has 2 N–H and O–H groups in total. The van der Waals surface area contributed by atoms with Gasteiger partial charge in [-0.2, -0.15) is 0 Å². The van der Waals surface area contributed by atoms with Crippen molar-refractivity contribution in [3.8, 4) is 5.75 Å². The zero-order valence-electron chi connectivity index (χ0n) is 10.8. The number of hydrogen-bond donors (Lipinski definition) is 2. The SMILES string of the molecule is CCCNC(=O)CNCc1c(Cl)cccc1OC. The molecule has 0 unspecified atom stereocenters. The molecule has 1 aromatic carbocycles. The standard InChI is InChI=1S/C13H19ClN2O2/c1-3-7-16-13(17)9-15-8-10-11(14)5-4-6-12(10)18-2/h4-6,15H,3,7-9H2,1-2H3,(H,16,17). The summed E-state index contributed by atoms with van der Waals surface area (Å²) in [6, 6.07) is 5.48. The van der Waals surface area contributed by atoms with Crippen LogP contribution in [0, 0.1) is 0 Å². The number of hydrogen-bond acceptors (Lipinski definition) is 3. The van der Waals surface area contributed by atoms with E-state index in [2.05, 4.69) is 10.6 Å². The lowest BCUT2D eigenvalue weighted by Crippen LogP contribution is -2.34. The number of halogens is 1. The van der Waals surface area contributed by atoms with Crippen LogP contribution in [0.3, 0.4) is 0 Å². The summed E-state index contributed by atoms with van der Waals surface area (Å²) in [6.45, 7) is 3.50. The number of carbonyl (C=O) groups excluding carboxylic acids is 1. The molecular formula is C13H19ClN2O2. The Balaban J connectivity index is 2.46. The molecule has 0 aliphatic carbocycles. The predicted octanol–water partition coefficient (Wildman–Crippen LogP) is 1.96. The molecule has 5 heteroatoms. The first-order chi connectivity index (χ1) is 8.69. The fraction of sp³-hybridized carbons (Fsp3) is 0.462. The van der Waals surface area contributed by atoms with Crippen LogP contribution in [0.1, 0.15) is 18.9 Å². The van der Waals surface area contributed by atoms with Gasteiger partial charge in [0.05, 0.1) is 13.7 Å². The Morgan fingerprint density at radius 3 is 2.89 bits per heavy atom. The Hall–Kier alpha value is -1.26. The zero-order chi connectivity index (χ0) is 13.4. The number of ether oxygens (including phenoxy) is 1. The summed E-state index contributed by atoms with van der Waals surface area (Å²) >= 11 is 6.09. The number of rotatable bonds is 7. The quantitative estimate of drug-likeness (QED) is 0.796. The Kier molecular flexibility index (Phi) is 6.54. The van der Waals surface area contributed by atoms with Crippen molar-refractivity contribution >= 4 is 17.5 Å². The molecular weight excluding hydrogens is 252 g/mol. The molecule has 0 heterocycles. The van der Waals surface area contributed by atoms with Gasteiger partial charge in [0, 0.05) is 23.7 Å². The van der Waals surface area contributed by atoms with Crippen molar-refractivity contribution in [3.05, 3.63) is 28.8 Å². The molecule has 0 aliphatic rings. The van der Waals surface area contributed by atoms with Crippen LogP contribution in [0.4, 0.5) is 0 Å². The van der Waals surface area contributed by atoms with Gasteiger partial charge in [0.2, 0.25) is 5.91 Å². The average Bonchev–Trinajstić information content (AvgIpc) is 2.38. The van der Waals surface area contributed by atoms with Crippen LogP contribution in [-0.4, -0.2) is 26.1 Å². The molecule has 0 saturated heterocycles. The van der Waals surface area contributed by atoms with Crippen LogP contribution in [-0.2, 0) is 11.3 Å². The first kappa shape index (κ1) is 14.8. The van der Waals surface area contributed by atoms with Gasteiger partial charge >= 0.3 is 0 Å². The summed E-state index contributed by atoms with van der Waals surface area (Å²) < 4.78 is 5.22. The highest BCUT2D eigenvalue weighted by molar-refractivity contribution is 6.31. The lowest BCUT2D eigenvalue weighted by molar-refractivity contribution is -0.120. The van der Waals surface area contributed by atoms with E-state index in [4.69, 9.17) is 16.3 Å². The van der Waals surface area contributed by atoms with Gasteiger partial charge in [-0.25, -0.2) is 0 Å². The van der Waals surface area contributed by atoms with Crippen molar-refractivity contribution in [2.45, 2.75) is 19.9 Å². The molecule has 0 radical (unpaired) electrons. The average molecular weight is 271 g/mol. The van der Waals surface area contributed by atoms with Gasteiger partial charge in [0.25, 0.3) is 0 Å². The van der Waals surface area contributed by atoms with Crippen molar-refractivity contribution in [1.29, 1.82) is 0 Å². The Morgan fingerprint density at radius 1 is 1.44 bits per heavy atom. The number of methoxy groups -OCH3 is 1. The zero-order valence-corrected chi connectivity index (χ0v) is 11.5. The minimum atomic E-state index is -0.0112. The van der Waals surface area contributed by atoms with E-state index in [1.54, 1.807) is 13.2 Å². The Bertz CT molecular complexity index is 397. The Morgan fingerprint density at radius 2 is 2.22 bits per heavy atom. The van der Waals surface area contributed by atoms with E-state index in [9.17, 15) is 4.79 Å². The van der Waals surface area contributed by atoms with Crippen LogP contribution in [0.5, 0.6) is 5.75 Å². The first-order valence-electron chi connectivity index (χ1n) is 5.97. The van der Waals surface area contributed by atoms with Crippen molar-refractivity contribution in [2.24, 2.45) is 0 Å². The predicted molar refractivity (Wildman–Crippen MR) is 73.0 cm³/mol. The Labute approximate surface area is 113 Å². The number of amides is 1. The maximum atomic E-state index is 11.4. The van der Waals surface area contributed by atoms with Gasteiger partial charge in [-0.1, -0.05) is 24.6 Å². The van der Waals surface area contributed by atoms with Crippen LogP contribution in [0.15, 0.2) is 18.2 Å². The third-order valence-electron chi connectivity index (χ3n) is 2.46. The van der Waals surface area contributed by atoms with E-state index >= 15 is 0 Å². The van der Waals surface area contributed by atoms with Gasteiger partial charge in [0.1, 0.15) is 5.75 Å². The molecule has 1 rings (SSSR count). The van der Waals surface area contributed by atoms with Crippen molar-refractivity contribution in [1.82, 2.24) is 10.6 Å². The summed E-state index contributed by atoms with van der Waals surface area (Å²) in [7, 11) is 1.60. The molecule has 0 bridgehead atoms. The normalized spacial score (nSPS) is 10.2. The van der Waals surface area contributed by atoms with Crippen molar-refractivity contribution in [2.75, 3.05) is 20.2 Å². The highest BCUT2D eigenvalue weighted by Crippen LogP contribution is 2.25. The maximum Gasteiger partial charge on any atom is 0.233 e. The third-order valence-corrected chi connectivity index (χ3v) is 2.81. The highest BCUT2D eigenvalue weighted by atomic mass is 35.5. The molecule has 0 fully saturated rings. The minimum absolute atomic E-state index is 0.0112. The van der Waals surface area contributed by atoms with Gasteiger partial charge in [-0.05, 0) is 18.6 Å². The molecule has 0 aromatic heterocycles. The fourth-order valence-electron chi connectivity index (χ4n) is 1.53. The van der Waals surface area contributed by atoms with E-state index in [0.29, 0.717) is 18.1 Å². The highest BCUT2D eigenvalue weighted by Gasteiger charge is 2.07. The van der Waals surface area contributed by atoms with Gasteiger partial charge in [-0.3, -0.25) is 4.79 Å². The van der Waals surface area contributed by atoms with E-state index in [1.807, 2.05) is 19.1 Å². The molecule has 1 amide bonds. The largest absolute Gasteiger partial charge is 0.496 e. The van der Waals surface area contributed by atoms with Crippen LogP contribution in [0.2, 0.25) is 5.02 Å². The van der Waals surface area contributed by atoms with Crippen LogP contribution < -0.4 is 15.4 Å². The summed E-state index contributed by atoms with van der Waals surface area (Å²) in [5.74, 6) is 0.715. The maximum absolute atomic E-state index is 11.4. The molecule has 4 nitrogen and oxygen atoms in total. The van der Waals surface area contributed by atoms with E-state index in [-0.39, 0.29) is 12.5 Å².